The Kier molecular flexibility index (Phi) is 5.34. The third-order valence-electron chi connectivity index (χ3n) is 9.78. The monoisotopic (exact) mass is 543 g/mol. The van der Waals surface area contributed by atoms with E-state index in [2.05, 4.69) is 33.9 Å². The van der Waals surface area contributed by atoms with Crippen molar-refractivity contribution in [1.29, 1.82) is 0 Å². The second-order valence-corrected chi connectivity index (χ2v) is 12.1. The van der Waals surface area contributed by atoms with Crippen molar-refractivity contribution in [3.8, 4) is 0 Å². The number of carbonyl (C=O) groups is 2. The van der Waals surface area contributed by atoms with E-state index < -0.39 is 47.3 Å². The number of hydrogen-bond donors (Lipinski definition) is 2. The molecule has 8 heteroatoms. The molecule has 1 unspecified atom stereocenters. The second kappa shape index (κ2) is 7.89. The Bertz CT molecular complexity index is 1170. The van der Waals surface area contributed by atoms with E-state index in [1.54, 1.807) is 24.4 Å². The molecule has 0 radical (unpaired) electrons. The summed E-state index contributed by atoms with van der Waals surface area (Å²) in [4.78, 5) is 29.8. The highest BCUT2D eigenvalue weighted by molar-refractivity contribution is 9.10. The first kappa shape index (κ1) is 23.7. The number of ether oxygens (including phenoxy) is 2. The topological polar surface area (TPSA) is 106 Å². The van der Waals surface area contributed by atoms with Crippen LogP contribution in [0.3, 0.4) is 0 Å². The van der Waals surface area contributed by atoms with Gasteiger partial charge in [-0.25, -0.2) is 4.98 Å². The molecule has 5 aliphatic rings. The Morgan fingerprint density at radius 3 is 2.89 bits per heavy atom. The van der Waals surface area contributed by atoms with Gasteiger partial charge in [-0.15, -0.1) is 0 Å². The largest absolute Gasteiger partial charge is 0.393 e. The van der Waals surface area contributed by atoms with Gasteiger partial charge in [0.1, 0.15) is 11.2 Å². The second-order valence-electron chi connectivity index (χ2n) is 11.2. The summed E-state index contributed by atoms with van der Waals surface area (Å²) in [6, 6.07) is 3.60. The van der Waals surface area contributed by atoms with Crippen LogP contribution in [0.15, 0.2) is 46.7 Å². The highest BCUT2D eigenvalue weighted by Gasteiger charge is 2.75. The summed E-state index contributed by atoms with van der Waals surface area (Å²) < 4.78 is 13.6. The summed E-state index contributed by atoms with van der Waals surface area (Å²) >= 11 is 3.38. The number of halogens is 1. The molecule has 0 bridgehead atoms. The highest BCUT2D eigenvalue weighted by Crippen LogP contribution is 2.70. The van der Waals surface area contributed by atoms with E-state index in [9.17, 15) is 19.8 Å². The van der Waals surface area contributed by atoms with Crippen molar-refractivity contribution in [3.05, 3.63) is 52.3 Å². The molecule has 1 aromatic rings. The lowest BCUT2D eigenvalue weighted by molar-refractivity contribution is -0.199. The van der Waals surface area contributed by atoms with Crippen LogP contribution < -0.4 is 0 Å². The van der Waals surface area contributed by atoms with Gasteiger partial charge in [-0.2, -0.15) is 0 Å². The number of aromatic nitrogens is 1. The SMILES string of the molecule is C[C@]12C=CC(=O)CC1=CC[C@@H]1[C@@H]2[C@@H](O)C[C@@]2(C)[C@H]1C[C@H]1OC(c3ccnc(Br)c3)O[C@]12C(=O)CO. The standard InChI is InChI=1S/C27H30BrNO6/c1-25-7-5-16(31)10-15(25)3-4-17-18-11-21-27(20(33)13-30,26(18,2)12-19(32)23(17)25)35-24(34-21)14-6-8-29-22(28)9-14/h3,5-9,17-19,21,23-24,30,32H,4,10-13H2,1-2H3/t17-,18-,19-,21+,23+,24?,25-,26-,27+/m0/s1. The molecule has 4 aliphatic carbocycles. The van der Waals surface area contributed by atoms with E-state index >= 15 is 0 Å². The smallest absolute Gasteiger partial charge is 0.193 e. The van der Waals surface area contributed by atoms with Gasteiger partial charge in [0.2, 0.25) is 0 Å². The number of hydrogen-bond acceptors (Lipinski definition) is 7. The maximum Gasteiger partial charge on any atom is 0.193 e. The third-order valence-corrected chi connectivity index (χ3v) is 10.2. The normalized spacial score (nSPS) is 45.9. The number of Topliss-reactive ketones (excluding diaryl/α,β-unsaturated/α-hetero) is 1. The van der Waals surface area contributed by atoms with Gasteiger partial charge >= 0.3 is 0 Å². The first-order chi connectivity index (χ1) is 16.6. The fourth-order valence-electron chi connectivity index (χ4n) is 8.31. The molecular formula is C27H30BrNO6. The van der Waals surface area contributed by atoms with Gasteiger partial charge in [0.05, 0.1) is 12.2 Å². The molecule has 7 nitrogen and oxygen atoms in total. The van der Waals surface area contributed by atoms with E-state index in [0.29, 0.717) is 23.9 Å². The van der Waals surface area contributed by atoms with E-state index in [0.717, 1.165) is 17.6 Å². The van der Waals surface area contributed by atoms with Gasteiger partial charge < -0.3 is 19.7 Å². The molecule has 2 saturated carbocycles. The first-order valence-corrected chi connectivity index (χ1v) is 13.1. The van der Waals surface area contributed by atoms with Gasteiger partial charge in [0.25, 0.3) is 0 Å². The lowest BCUT2D eigenvalue weighted by Gasteiger charge is -2.59. The Labute approximate surface area is 212 Å². The Balaban J connectivity index is 1.41. The van der Waals surface area contributed by atoms with Crippen molar-refractivity contribution in [2.45, 2.75) is 63.6 Å². The molecule has 2 N–H and O–H groups in total. The molecule has 0 aromatic carbocycles. The van der Waals surface area contributed by atoms with Crippen LogP contribution in [0.1, 0.15) is 51.4 Å². The maximum absolute atomic E-state index is 13.5. The molecular weight excluding hydrogens is 514 g/mol. The molecule has 1 aromatic heterocycles. The minimum absolute atomic E-state index is 0.0576. The van der Waals surface area contributed by atoms with Gasteiger partial charge in [0, 0.05) is 34.9 Å². The van der Waals surface area contributed by atoms with Crippen LogP contribution in [0, 0.1) is 28.6 Å². The summed E-state index contributed by atoms with van der Waals surface area (Å²) in [7, 11) is 0. The van der Waals surface area contributed by atoms with Crippen LogP contribution in [0.4, 0.5) is 0 Å². The van der Waals surface area contributed by atoms with Gasteiger partial charge in [-0.3, -0.25) is 9.59 Å². The maximum atomic E-state index is 13.5. The summed E-state index contributed by atoms with van der Waals surface area (Å²) in [6.07, 6.45) is 7.60. The van der Waals surface area contributed by atoms with Gasteiger partial charge in [-0.1, -0.05) is 31.6 Å². The number of fused-ring (bicyclic) bond motifs is 7. The van der Waals surface area contributed by atoms with Crippen molar-refractivity contribution in [3.63, 3.8) is 0 Å². The number of aliphatic hydroxyl groups excluding tert-OH is 2. The quantitative estimate of drug-likeness (QED) is 0.444. The molecule has 6 rings (SSSR count). The fraction of sp³-hybridized carbons (Fsp3) is 0.593. The lowest BCUT2D eigenvalue weighted by atomic mass is 9.47. The van der Waals surface area contributed by atoms with Crippen LogP contribution in [0.5, 0.6) is 0 Å². The number of carbonyl (C=O) groups excluding carboxylic acids is 2. The average molecular weight is 544 g/mol. The summed E-state index contributed by atoms with van der Waals surface area (Å²) in [5.74, 6) is -0.194. The van der Waals surface area contributed by atoms with E-state index in [1.165, 1.54) is 0 Å². The van der Waals surface area contributed by atoms with Crippen LogP contribution in [0.25, 0.3) is 0 Å². The van der Waals surface area contributed by atoms with Crippen molar-refractivity contribution in [2.75, 3.05) is 6.61 Å². The van der Waals surface area contributed by atoms with E-state index in [1.807, 2.05) is 13.0 Å². The Hall–Kier alpha value is -1.71. The number of aliphatic hydroxyl groups is 2. The first-order valence-electron chi connectivity index (χ1n) is 12.3. The minimum Gasteiger partial charge on any atom is -0.393 e. The molecule has 2 heterocycles. The zero-order chi connectivity index (χ0) is 24.8. The van der Waals surface area contributed by atoms with Crippen molar-refractivity contribution < 1.29 is 29.3 Å². The number of pyridine rings is 1. The predicted molar refractivity (Wildman–Crippen MR) is 129 cm³/mol. The third kappa shape index (κ3) is 3.07. The molecule has 1 saturated heterocycles. The van der Waals surface area contributed by atoms with E-state index in [-0.39, 0.29) is 23.5 Å². The molecule has 0 spiro atoms. The van der Waals surface area contributed by atoms with Crippen molar-refractivity contribution in [1.82, 2.24) is 4.98 Å². The molecule has 35 heavy (non-hydrogen) atoms. The lowest BCUT2D eigenvalue weighted by Crippen LogP contribution is -2.63. The predicted octanol–water partition coefficient (Wildman–Crippen LogP) is 3.45. The van der Waals surface area contributed by atoms with E-state index in [4.69, 9.17) is 9.47 Å². The van der Waals surface area contributed by atoms with Gasteiger partial charge in [-0.05, 0) is 65.2 Å². The zero-order valence-electron chi connectivity index (χ0n) is 19.8. The molecule has 9 atom stereocenters. The number of allylic oxidation sites excluding steroid dienone is 4. The number of ketones is 2. The Morgan fingerprint density at radius 1 is 1.34 bits per heavy atom. The molecule has 1 aliphatic heterocycles. The minimum atomic E-state index is -1.35. The zero-order valence-corrected chi connectivity index (χ0v) is 21.4. The highest BCUT2D eigenvalue weighted by atomic mass is 79.9. The number of rotatable bonds is 3. The van der Waals surface area contributed by atoms with Gasteiger partial charge in [0.15, 0.2) is 23.5 Å². The van der Waals surface area contributed by atoms with Crippen LogP contribution in [-0.2, 0) is 19.1 Å². The number of nitrogens with zero attached hydrogens (tertiary/aromatic N) is 1. The van der Waals surface area contributed by atoms with Crippen LogP contribution in [0.2, 0.25) is 0 Å². The summed E-state index contributed by atoms with van der Waals surface area (Å²) in [5, 5.41) is 21.7. The van der Waals surface area contributed by atoms with Crippen molar-refractivity contribution >= 4 is 27.5 Å². The summed E-state index contributed by atoms with van der Waals surface area (Å²) in [6.45, 7) is 3.51. The molecule has 3 fully saturated rings. The summed E-state index contributed by atoms with van der Waals surface area (Å²) in [5.41, 5.74) is -0.619. The van der Waals surface area contributed by atoms with Crippen molar-refractivity contribution in [2.24, 2.45) is 28.6 Å². The Morgan fingerprint density at radius 2 is 2.14 bits per heavy atom. The molecule has 186 valence electrons. The van der Waals surface area contributed by atoms with Crippen LogP contribution in [-0.4, -0.2) is 51.2 Å². The average Bonchev–Trinajstić information content (AvgIpc) is 3.32. The van der Waals surface area contributed by atoms with Crippen LogP contribution >= 0.6 is 15.9 Å². The molecule has 0 amide bonds. The fourth-order valence-corrected chi connectivity index (χ4v) is 8.69.